The molecular formula is C37H42ClN3O4S. The number of sulfonamides is 1. The van der Waals surface area contributed by atoms with Crippen LogP contribution in [0, 0.1) is 20.8 Å². The van der Waals surface area contributed by atoms with Crippen LogP contribution in [0.25, 0.3) is 0 Å². The molecule has 9 heteroatoms. The lowest BCUT2D eigenvalue weighted by atomic mass is 10.0. The molecule has 0 bridgehead atoms. The second-order valence-electron chi connectivity index (χ2n) is 12.7. The Bertz CT molecular complexity index is 1770. The smallest absolute Gasteiger partial charge is 0.264 e. The third-order valence-corrected chi connectivity index (χ3v) is 9.74. The fourth-order valence-electron chi connectivity index (χ4n) is 5.04. The van der Waals surface area contributed by atoms with Crippen molar-refractivity contribution in [3.8, 4) is 0 Å². The highest BCUT2D eigenvalue weighted by molar-refractivity contribution is 7.92. The Labute approximate surface area is 278 Å². The number of aryl methyl sites for hydroxylation is 3. The predicted molar refractivity (Wildman–Crippen MR) is 185 cm³/mol. The fraction of sp³-hybridized carbons (Fsp3) is 0.297. The van der Waals surface area contributed by atoms with Gasteiger partial charge in [0, 0.05) is 23.5 Å². The molecule has 0 aromatic heterocycles. The summed E-state index contributed by atoms with van der Waals surface area (Å²) < 4.78 is 29.6. The van der Waals surface area contributed by atoms with E-state index in [1.54, 1.807) is 60.7 Å². The van der Waals surface area contributed by atoms with Crippen molar-refractivity contribution < 1.29 is 18.0 Å². The van der Waals surface area contributed by atoms with Crippen molar-refractivity contribution in [3.63, 3.8) is 0 Å². The summed E-state index contributed by atoms with van der Waals surface area (Å²) in [5.74, 6) is -0.855. The number of carbonyl (C=O) groups excluding carboxylic acids is 2. The Morgan fingerprint density at radius 1 is 0.804 bits per heavy atom. The molecule has 4 aromatic carbocycles. The van der Waals surface area contributed by atoms with Gasteiger partial charge in [0.15, 0.2) is 0 Å². The molecule has 46 heavy (non-hydrogen) atoms. The molecule has 242 valence electrons. The summed E-state index contributed by atoms with van der Waals surface area (Å²) in [5.41, 5.74) is 4.20. The van der Waals surface area contributed by atoms with E-state index in [4.69, 9.17) is 11.6 Å². The van der Waals surface area contributed by atoms with Crippen LogP contribution in [0.2, 0.25) is 5.02 Å². The second kappa shape index (κ2) is 14.5. The highest BCUT2D eigenvalue weighted by Crippen LogP contribution is 2.27. The molecule has 0 unspecified atom stereocenters. The van der Waals surface area contributed by atoms with Gasteiger partial charge in [0.05, 0.1) is 10.6 Å². The predicted octanol–water partition coefficient (Wildman–Crippen LogP) is 7.02. The zero-order valence-electron chi connectivity index (χ0n) is 27.2. The zero-order valence-corrected chi connectivity index (χ0v) is 28.8. The minimum atomic E-state index is -4.17. The maximum Gasteiger partial charge on any atom is 0.264 e. The minimum Gasteiger partial charge on any atom is -0.350 e. The highest BCUT2D eigenvalue weighted by Gasteiger charge is 2.35. The van der Waals surface area contributed by atoms with Crippen molar-refractivity contribution in [3.05, 3.63) is 130 Å². The summed E-state index contributed by atoms with van der Waals surface area (Å²) in [4.78, 5) is 30.1. The number of hydrogen-bond acceptors (Lipinski definition) is 4. The molecule has 4 aromatic rings. The Kier molecular flexibility index (Phi) is 11.0. The first-order valence-corrected chi connectivity index (χ1v) is 17.0. The normalized spacial score (nSPS) is 12.3. The van der Waals surface area contributed by atoms with Gasteiger partial charge in [-0.3, -0.25) is 13.9 Å². The van der Waals surface area contributed by atoms with Gasteiger partial charge >= 0.3 is 0 Å². The topological polar surface area (TPSA) is 86.8 Å². The molecule has 0 aliphatic heterocycles. The molecule has 0 saturated carbocycles. The number of nitrogens with zero attached hydrogens (tertiary/aromatic N) is 2. The average Bonchev–Trinajstić information content (AvgIpc) is 2.99. The number of rotatable bonds is 11. The molecule has 0 spiro atoms. The maximum atomic E-state index is 14.6. The molecule has 1 N–H and O–H groups in total. The monoisotopic (exact) mass is 659 g/mol. The van der Waals surface area contributed by atoms with Crippen LogP contribution < -0.4 is 9.62 Å². The van der Waals surface area contributed by atoms with E-state index in [0.717, 1.165) is 32.1 Å². The summed E-state index contributed by atoms with van der Waals surface area (Å²) in [6, 6.07) is 27.5. The first kappa shape index (κ1) is 34.7. The lowest BCUT2D eigenvalue weighted by Crippen LogP contribution is -2.56. The number of anilines is 1. The van der Waals surface area contributed by atoms with Crippen LogP contribution in [0.4, 0.5) is 5.69 Å². The molecule has 4 rings (SSSR count). The van der Waals surface area contributed by atoms with Crippen LogP contribution >= 0.6 is 11.6 Å². The Morgan fingerprint density at radius 3 is 2.02 bits per heavy atom. The van der Waals surface area contributed by atoms with Gasteiger partial charge in [-0.05, 0) is 100 Å². The van der Waals surface area contributed by atoms with Crippen LogP contribution in [0.1, 0.15) is 48.6 Å². The summed E-state index contributed by atoms with van der Waals surface area (Å²) in [6.45, 7) is 10.9. The number of hydrogen-bond donors (Lipinski definition) is 1. The zero-order chi connectivity index (χ0) is 33.6. The Balaban J connectivity index is 1.83. The SMILES string of the molecule is Cc1ccc(S(=O)(=O)N(CC(=O)N(Cc2ccc(Cl)cc2)[C@@H](Cc2ccccc2)C(=O)NC(C)(C)C)c2ccc(C)c(C)c2)cc1. The van der Waals surface area contributed by atoms with E-state index in [-0.39, 0.29) is 23.8 Å². The minimum absolute atomic E-state index is 0.0659. The third-order valence-electron chi connectivity index (χ3n) is 7.70. The van der Waals surface area contributed by atoms with Crippen molar-refractivity contribution in [2.24, 2.45) is 0 Å². The largest absolute Gasteiger partial charge is 0.350 e. The number of nitrogens with one attached hydrogen (secondary N) is 1. The molecule has 0 aliphatic rings. The van der Waals surface area contributed by atoms with Gasteiger partial charge in [0.2, 0.25) is 11.8 Å². The van der Waals surface area contributed by atoms with Crippen molar-refractivity contribution in [1.82, 2.24) is 10.2 Å². The quantitative estimate of drug-likeness (QED) is 0.188. The van der Waals surface area contributed by atoms with Gasteiger partial charge in [-0.1, -0.05) is 77.8 Å². The van der Waals surface area contributed by atoms with E-state index in [2.05, 4.69) is 5.32 Å². The Morgan fingerprint density at radius 2 is 1.43 bits per heavy atom. The van der Waals surface area contributed by atoms with Gasteiger partial charge in [0.1, 0.15) is 12.6 Å². The fourth-order valence-corrected chi connectivity index (χ4v) is 6.57. The molecule has 0 fully saturated rings. The number of halogens is 1. The van der Waals surface area contributed by atoms with Crippen molar-refractivity contribution >= 4 is 39.1 Å². The van der Waals surface area contributed by atoms with Crippen LogP contribution in [0.5, 0.6) is 0 Å². The molecule has 1 atom stereocenters. The number of amides is 2. The molecule has 7 nitrogen and oxygen atoms in total. The number of carbonyl (C=O) groups is 2. The van der Waals surface area contributed by atoms with Gasteiger partial charge in [0.25, 0.3) is 10.0 Å². The van der Waals surface area contributed by atoms with E-state index in [0.29, 0.717) is 10.7 Å². The van der Waals surface area contributed by atoms with Crippen LogP contribution in [0.3, 0.4) is 0 Å². The van der Waals surface area contributed by atoms with Gasteiger partial charge in [-0.15, -0.1) is 0 Å². The first-order valence-electron chi connectivity index (χ1n) is 15.2. The first-order chi connectivity index (χ1) is 21.6. The van der Waals surface area contributed by atoms with E-state index in [1.165, 1.54) is 4.90 Å². The average molecular weight is 660 g/mol. The highest BCUT2D eigenvalue weighted by atomic mass is 35.5. The standard InChI is InChI=1S/C37H42ClN3O4S/c1-26-12-20-33(21-13-26)46(44,45)41(32-19-14-27(2)28(3)22-32)25-35(42)40(24-30-15-17-31(38)18-16-30)34(36(43)39-37(4,5)6)23-29-10-8-7-9-11-29/h7-22,34H,23-25H2,1-6H3,(H,39,43)/t34-/m0/s1. The Hall–Kier alpha value is -4.14. The van der Waals surface area contributed by atoms with Gasteiger partial charge in [-0.2, -0.15) is 0 Å². The lowest BCUT2D eigenvalue weighted by Gasteiger charge is -2.35. The van der Waals surface area contributed by atoms with E-state index >= 15 is 0 Å². The van der Waals surface area contributed by atoms with Crippen LogP contribution in [0.15, 0.2) is 102 Å². The maximum absolute atomic E-state index is 14.6. The van der Waals surface area contributed by atoms with E-state index < -0.39 is 34.1 Å². The van der Waals surface area contributed by atoms with Crippen molar-refractivity contribution in [1.29, 1.82) is 0 Å². The summed E-state index contributed by atoms with van der Waals surface area (Å²) in [5, 5.41) is 3.58. The second-order valence-corrected chi connectivity index (χ2v) is 15.0. The lowest BCUT2D eigenvalue weighted by molar-refractivity contribution is -0.140. The summed E-state index contributed by atoms with van der Waals surface area (Å²) in [6.07, 6.45) is 0.233. The molecule has 0 aliphatic carbocycles. The van der Waals surface area contributed by atoms with Crippen LogP contribution in [-0.4, -0.2) is 43.3 Å². The van der Waals surface area contributed by atoms with Crippen molar-refractivity contribution in [2.45, 2.75) is 71.0 Å². The van der Waals surface area contributed by atoms with E-state index in [1.807, 2.05) is 77.9 Å². The molecule has 2 amide bonds. The number of benzene rings is 4. The van der Waals surface area contributed by atoms with Gasteiger partial charge < -0.3 is 10.2 Å². The molecular weight excluding hydrogens is 618 g/mol. The molecule has 0 radical (unpaired) electrons. The molecule has 0 saturated heterocycles. The summed E-state index contributed by atoms with van der Waals surface area (Å²) >= 11 is 6.16. The third kappa shape index (κ3) is 8.98. The van der Waals surface area contributed by atoms with Crippen LogP contribution in [-0.2, 0) is 32.6 Å². The summed E-state index contributed by atoms with van der Waals surface area (Å²) in [7, 11) is -4.17. The van der Waals surface area contributed by atoms with Crippen molar-refractivity contribution in [2.75, 3.05) is 10.8 Å². The van der Waals surface area contributed by atoms with Gasteiger partial charge in [-0.25, -0.2) is 8.42 Å². The van der Waals surface area contributed by atoms with E-state index in [9.17, 15) is 18.0 Å². The molecule has 0 heterocycles.